The summed E-state index contributed by atoms with van der Waals surface area (Å²) in [6, 6.07) is 2.32. The van der Waals surface area contributed by atoms with Gasteiger partial charge in [-0.2, -0.15) is 0 Å². The summed E-state index contributed by atoms with van der Waals surface area (Å²) >= 11 is 8.68. The highest BCUT2D eigenvalue weighted by Crippen LogP contribution is 2.35. The van der Waals surface area contributed by atoms with E-state index in [4.69, 9.17) is 5.73 Å². The van der Waals surface area contributed by atoms with Gasteiger partial charge in [0.25, 0.3) is 0 Å². The molecule has 0 aliphatic carbocycles. The van der Waals surface area contributed by atoms with Gasteiger partial charge in [-0.1, -0.05) is 26.2 Å². The van der Waals surface area contributed by atoms with Crippen molar-refractivity contribution >= 4 is 43.2 Å². The lowest BCUT2D eigenvalue weighted by atomic mass is 10.1. The van der Waals surface area contributed by atoms with Crippen LogP contribution in [-0.2, 0) is 0 Å². The molecule has 80 valence electrons. The molecule has 0 fully saturated rings. The molecule has 0 saturated heterocycles. The first kappa shape index (κ1) is 12.7. The maximum Gasteiger partial charge on any atom is 0.0843 e. The molecule has 2 N–H and O–H groups in total. The first-order chi connectivity index (χ1) is 6.65. The molecule has 0 aliphatic rings. The molecule has 0 saturated carbocycles. The predicted octanol–water partition coefficient (Wildman–Crippen LogP) is 4.85. The van der Waals surface area contributed by atoms with E-state index in [2.05, 4.69) is 44.8 Å². The van der Waals surface area contributed by atoms with E-state index < -0.39 is 0 Å². The van der Waals surface area contributed by atoms with Crippen molar-refractivity contribution < 1.29 is 0 Å². The highest BCUT2D eigenvalue weighted by Gasteiger charge is 2.11. The first-order valence-corrected chi connectivity index (χ1v) is 7.25. The van der Waals surface area contributed by atoms with Gasteiger partial charge in [0.05, 0.1) is 3.79 Å². The van der Waals surface area contributed by atoms with Crippen molar-refractivity contribution in [2.24, 2.45) is 5.73 Å². The fourth-order valence-corrected chi connectivity index (χ4v) is 3.43. The quantitative estimate of drug-likeness (QED) is 0.761. The topological polar surface area (TPSA) is 26.0 Å². The Balaban J connectivity index is 2.47. The van der Waals surface area contributed by atoms with Crippen LogP contribution in [0.25, 0.3) is 0 Å². The fourth-order valence-electron chi connectivity index (χ4n) is 1.30. The van der Waals surface area contributed by atoms with Crippen LogP contribution in [0.5, 0.6) is 0 Å². The molecule has 1 nitrogen and oxygen atoms in total. The average molecular weight is 341 g/mol. The summed E-state index contributed by atoms with van der Waals surface area (Å²) in [5, 5.41) is 0. The minimum absolute atomic E-state index is 0.203. The molecule has 14 heavy (non-hydrogen) atoms. The minimum Gasteiger partial charge on any atom is -0.323 e. The van der Waals surface area contributed by atoms with Gasteiger partial charge in [-0.05, 0) is 44.3 Å². The van der Waals surface area contributed by atoms with Gasteiger partial charge in [0.15, 0.2) is 0 Å². The van der Waals surface area contributed by atoms with E-state index in [1.807, 2.05) is 0 Å². The van der Waals surface area contributed by atoms with Gasteiger partial charge >= 0.3 is 0 Å². The zero-order chi connectivity index (χ0) is 10.6. The van der Waals surface area contributed by atoms with Gasteiger partial charge in [-0.25, -0.2) is 0 Å². The fraction of sp³-hybridized carbons (Fsp3) is 0.600. The van der Waals surface area contributed by atoms with E-state index in [-0.39, 0.29) is 6.04 Å². The van der Waals surface area contributed by atoms with E-state index in [0.29, 0.717) is 0 Å². The van der Waals surface area contributed by atoms with E-state index in [0.717, 1.165) is 14.7 Å². The van der Waals surface area contributed by atoms with Gasteiger partial charge in [-0.3, -0.25) is 0 Å². The molecule has 1 aromatic heterocycles. The second kappa shape index (κ2) is 6.26. The second-order valence-electron chi connectivity index (χ2n) is 3.37. The molecule has 0 aromatic carbocycles. The molecule has 0 bridgehead atoms. The molecule has 4 heteroatoms. The highest BCUT2D eigenvalue weighted by molar-refractivity contribution is 9.13. The van der Waals surface area contributed by atoms with E-state index >= 15 is 0 Å². The van der Waals surface area contributed by atoms with Crippen molar-refractivity contribution in [2.45, 2.75) is 38.6 Å². The predicted molar refractivity (Wildman–Crippen MR) is 70.8 cm³/mol. The molecule has 1 aromatic rings. The van der Waals surface area contributed by atoms with Gasteiger partial charge in [-0.15, -0.1) is 11.3 Å². The Bertz CT molecular complexity index is 266. The van der Waals surface area contributed by atoms with Crippen molar-refractivity contribution in [3.8, 4) is 0 Å². The number of hydrogen-bond acceptors (Lipinski definition) is 2. The number of rotatable bonds is 5. The van der Waals surface area contributed by atoms with Gasteiger partial charge in [0.1, 0.15) is 0 Å². The Morgan fingerprint density at radius 3 is 2.64 bits per heavy atom. The molecule has 0 aliphatic heterocycles. The Morgan fingerprint density at radius 2 is 2.14 bits per heavy atom. The number of halogens is 2. The average Bonchev–Trinajstić information content (AvgIpc) is 2.47. The minimum atomic E-state index is 0.203. The lowest BCUT2D eigenvalue weighted by Gasteiger charge is -2.07. The summed E-state index contributed by atoms with van der Waals surface area (Å²) in [6.07, 6.45) is 4.85. The highest BCUT2D eigenvalue weighted by atomic mass is 79.9. The van der Waals surface area contributed by atoms with Crippen LogP contribution in [0.1, 0.15) is 43.5 Å². The summed E-state index contributed by atoms with van der Waals surface area (Å²) in [6.45, 7) is 2.21. The van der Waals surface area contributed by atoms with Gasteiger partial charge < -0.3 is 5.73 Å². The largest absolute Gasteiger partial charge is 0.323 e. The monoisotopic (exact) mass is 339 g/mol. The van der Waals surface area contributed by atoms with Gasteiger partial charge in [0, 0.05) is 15.4 Å². The Hall–Kier alpha value is 0.620. The smallest absolute Gasteiger partial charge is 0.0843 e. The third-order valence-electron chi connectivity index (χ3n) is 2.15. The van der Waals surface area contributed by atoms with Crippen LogP contribution in [0.15, 0.2) is 14.3 Å². The molecule has 0 spiro atoms. The van der Waals surface area contributed by atoms with Gasteiger partial charge in [0.2, 0.25) is 0 Å². The van der Waals surface area contributed by atoms with E-state index in [9.17, 15) is 0 Å². The molecule has 1 atom stereocenters. The molecule has 0 unspecified atom stereocenters. The number of hydrogen-bond donors (Lipinski definition) is 1. The Labute approximate surface area is 106 Å². The normalized spacial score (nSPS) is 13.1. The summed E-state index contributed by atoms with van der Waals surface area (Å²) < 4.78 is 2.25. The number of unbranched alkanes of at least 4 members (excludes halogenated alkanes) is 2. The lowest BCUT2D eigenvalue weighted by Crippen LogP contribution is -2.07. The summed E-state index contributed by atoms with van der Waals surface area (Å²) in [5.74, 6) is 0. The molecular formula is C10H15Br2NS. The molecule has 1 heterocycles. The first-order valence-electron chi connectivity index (χ1n) is 4.85. The zero-order valence-corrected chi connectivity index (χ0v) is 12.2. The molecule has 0 amide bonds. The van der Waals surface area contributed by atoms with Crippen LogP contribution in [0.2, 0.25) is 0 Å². The van der Waals surface area contributed by atoms with Crippen molar-refractivity contribution in [3.63, 3.8) is 0 Å². The van der Waals surface area contributed by atoms with Crippen LogP contribution >= 0.6 is 43.2 Å². The van der Waals surface area contributed by atoms with Crippen molar-refractivity contribution in [1.82, 2.24) is 0 Å². The van der Waals surface area contributed by atoms with E-state index in [1.165, 1.54) is 24.1 Å². The van der Waals surface area contributed by atoms with Crippen LogP contribution < -0.4 is 5.73 Å². The molecule has 1 rings (SSSR count). The molecule has 0 radical (unpaired) electrons. The number of thiophene rings is 1. The summed E-state index contributed by atoms with van der Waals surface area (Å²) in [4.78, 5) is 1.26. The molecular weight excluding hydrogens is 326 g/mol. The number of nitrogens with two attached hydrogens (primary N) is 1. The second-order valence-corrected chi connectivity index (χ2v) is 6.63. The van der Waals surface area contributed by atoms with Crippen molar-refractivity contribution in [1.29, 1.82) is 0 Å². The zero-order valence-electron chi connectivity index (χ0n) is 8.22. The standard InChI is InChI=1S/C10H15Br2NS/c1-2-3-4-5-8(13)9-6-7(11)10(12)14-9/h6,8H,2-5,13H2,1H3/t8-/m0/s1. The Kier molecular flexibility index (Phi) is 5.67. The maximum absolute atomic E-state index is 6.09. The van der Waals surface area contributed by atoms with Crippen molar-refractivity contribution in [3.05, 3.63) is 19.2 Å². The lowest BCUT2D eigenvalue weighted by molar-refractivity contribution is 0.587. The summed E-state index contributed by atoms with van der Waals surface area (Å²) in [7, 11) is 0. The SMILES string of the molecule is CCCCC[C@H](N)c1cc(Br)c(Br)s1. The maximum atomic E-state index is 6.09. The van der Waals surface area contributed by atoms with Crippen LogP contribution in [-0.4, -0.2) is 0 Å². The third kappa shape index (κ3) is 3.65. The third-order valence-corrected chi connectivity index (χ3v) is 5.54. The van der Waals surface area contributed by atoms with E-state index in [1.54, 1.807) is 11.3 Å². The van der Waals surface area contributed by atoms with Crippen molar-refractivity contribution in [2.75, 3.05) is 0 Å². The van der Waals surface area contributed by atoms with Crippen LogP contribution in [0.3, 0.4) is 0 Å². The summed E-state index contributed by atoms with van der Waals surface area (Å²) in [5.41, 5.74) is 6.09. The van der Waals surface area contributed by atoms with Crippen LogP contribution in [0, 0.1) is 0 Å². The Morgan fingerprint density at radius 1 is 1.43 bits per heavy atom. The van der Waals surface area contributed by atoms with Crippen LogP contribution in [0.4, 0.5) is 0 Å².